The largest absolute Gasteiger partial charge is 0.367 e. The lowest BCUT2D eigenvalue weighted by atomic mass is 9.96. The van der Waals surface area contributed by atoms with Crippen LogP contribution in [0.1, 0.15) is 16.7 Å². The second-order valence-corrected chi connectivity index (χ2v) is 5.46. The van der Waals surface area contributed by atoms with Crippen LogP contribution < -0.4 is 5.73 Å². The molecule has 0 aliphatic heterocycles. The number of benzene rings is 2. The fourth-order valence-electron chi connectivity index (χ4n) is 2.65. The van der Waals surface area contributed by atoms with Crippen LogP contribution in [-0.2, 0) is 0 Å². The quantitative estimate of drug-likeness (QED) is 0.750. The Morgan fingerprint density at radius 2 is 1.71 bits per heavy atom. The Bertz CT molecular complexity index is 803. The van der Waals surface area contributed by atoms with Gasteiger partial charge in [-0.25, -0.2) is 0 Å². The summed E-state index contributed by atoms with van der Waals surface area (Å²) in [7, 11) is 0. The van der Waals surface area contributed by atoms with Crippen molar-refractivity contribution in [3.8, 4) is 22.4 Å². The zero-order valence-corrected chi connectivity index (χ0v) is 12.5. The van der Waals surface area contributed by atoms with Gasteiger partial charge in [0.15, 0.2) is 0 Å². The van der Waals surface area contributed by atoms with Gasteiger partial charge in [-0.15, -0.1) is 0 Å². The monoisotopic (exact) mass is 278 g/mol. The highest BCUT2D eigenvalue weighted by Crippen LogP contribution is 2.37. The van der Waals surface area contributed by atoms with Crippen LogP contribution >= 0.6 is 0 Å². The molecule has 1 aromatic heterocycles. The van der Waals surface area contributed by atoms with Gasteiger partial charge in [-0.1, -0.05) is 58.7 Å². The number of hydrogen-bond donors (Lipinski definition) is 1. The summed E-state index contributed by atoms with van der Waals surface area (Å²) in [6.07, 6.45) is 0. The van der Waals surface area contributed by atoms with Crippen LogP contribution in [0.4, 0.5) is 5.88 Å². The van der Waals surface area contributed by atoms with Crippen molar-refractivity contribution in [3.63, 3.8) is 0 Å². The van der Waals surface area contributed by atoms with Crippen molar-refractivity contribution in [3.05, 3.63) is 59.2 Å². The Hall–Kier alpha value is -2.55. The highest BCUT2D eigenvalue weighted by atomic mass is 16.5. The molecule has 0 radical (unpaired) electrons. The molecule has 3 rings (SSSR count). The summed E-state index contributed by atoms with van der Waals surface area (Å²) in [6.45, 7) is 6.21. The van der Waals surface area contributed by atoms with Crippen LogP contribution in [0.5, 0.6) is 0 Å². The lowest BCUT2D eigenvalue weighted by molar-refractivity contribution is 0.439. The number of nitrogens with two attached hydrogens (primary N) is 1. The molecule has 0 aliphatic rings. The Morgan fingerprint density at radius 3 is 2.43 bits per heavy atom. The molecule has 3 nitrogen and oxygen atoms in total. The van der Waals surface area contributed by atoms with Crippen LogP contribution in [0.15, 0.2) is 47.0 Å². The molecule has 0 amide bonds. The molecule has 2 aromatic carbocycles. The first-order valence-corrected chi connectivity index (χ1v) is 6.96. The predicted octanol–water partition coefficient (Wildman–Crippen LogP) is 4.52. The van der Waals surface area contributed by atoms with Crippen molar-refractivity contribution in [1.29, 1.82) is 0 Å². The van der Waals surface area contributed by atoms with Gasteiger partial charge in [-0.3, -0.25) is 0 Å². The van der Waals surface area contributed by atoms with E-state index in [1.54, 1.807) is 0 Å². The van der Waals surface area contributed by atoms with Crippen molar-refractivity contribution in [1.82, 2.24) is 5.16 Å². The molecule has 0 unspecified atom stereocenters. The van der Waals surface area contributed by atoms with Gasteiger partial charge in [0.2, 0.25) is 5.88 Å². The molecule has 3 heteroatoms. The van der Waals surface area contributed by atoms with E-state index in [2.05, 4.69) is 56.3 Å². The Labute approximate surface area is 124 Å². The molecule has 0 atom stereocenters. The van der Waals surface area contributed by atoms with Gasteiger partial charge in [-0.05, 0) is 31.9 Å². The lowest BCUT2D eigenvalue weighted by Gasteiger charge is -2.07. The zero-order valence-electron chi connectivity index (χ0n) is 12.5. The zero-order chi connectivity index (χ0) is 15.0. The van der Waals surface area contributed by atoms with Crippen molar-refractivity contribution < 1.29 is 4.52 Å². The Balaban J connectivity index is 2.22. The van der Waals surface area contributed by atoms with E-state index >= 15 is 0 Å². The molecular formula is C18H18N2O. The molecular weight excluding hydrogens is 260 g/mol. The Morgan fingerprint density at radius 1 is 0.952 bits per heavy atom. The average molecular weight is 278 g/mol. The molecule has 3 aromatic rings. The van der Waals surface area contributed by atoms with E-state index < -0.39 is 0 Å². The number of hydrogen-bond acceptors (Lipinski definition) is 3. The number of nitrogens with zero attached hydrogens (tertiary/aromatic N) is 1. The van der Waals surface area contributed by atoms with Gasteiger partial charge in [0.05, 0.1) is 5.56 Å². The van der Waals surface area contributed by atoms with Gasteiger partial charge < -0.3 is 10.3 Å². The Kier molecular flexibility index (Phi) is 3.26. The molecule has 0 saturated carbocycles. The van der Waals surface area contributed by atoms with Gasteiger partial charge in [-0.2, -0.15) is 0 Å². The minimum atomic E-state index is 0.357. The standard InChI is InChI=1S/C18H18N2O/c1-11-5-4-6-14(10-11)16-17(20-21-18(16)19)15-8-7-12(2)9-13(15)3/h4-10H,19H2,1-3H3. The van der Waals surface area contributed by atoms with E-state index in [1.165, 1.54) is 11.1 Å². The number of aromatic nitrogens is 1. The second kappa shape index (κ2) is 5.09. The van der Waals surface area contributed by atoms with Gasteiger partial charge in [0, 0.05) is 5.56 Å². The summed E-state index contributed by atoms with van der Waals surface area (Å²) in [5, 5.41) is 4.18. The lowest BCUT2D eigenvalue weighted by Crippen LogP contribution is -1.90. The van der Waals surface area contributed by atoms with E-state index in [0.717, 1.165) is 27.9 Å². The molecule has 0 saturated heterocycles. The summed E-state index contributed by atoms with van der Waals surface area (Å²) in [5.74, 6) is 0.357. The number of nitrogen functional groups attached to an aromatic ring is 1. The third kappa shape index (κ3) is 2.42. The van der Waals surface area contributed by atoms with Crippen molar-refractivity contribution in [2.45, 2.75) is 20.8 Å². The van der Waals surface area contributed by atoms with Crippen LogP contribution in [-0.4, -0.2) is 5.16 Å². The molecule has 0 fully saturated rings. The van der Waals surface area contributed by atoms with Crippen LogP contribution in [0.25, 0.3) is 22.4 Å². The second-order valence-electron chi connectivity index (χ2n) is 5.46. The smallest absolute Gasteiger partial charge is 0.230 e. The predicted molar refractivity (Wildman–Crippen MR) is 86.0 cm³/mol. The first-order valence-electron chi connectivity index (χ1n) is 6.96. The van der Waals surface area contributed by atoms with E-state index in [1.807, 2.05) is 12.1 Å². The maximum Gasteiger partial charge on any atom is 0.230 e. The molecule has 21 heavy (non-hydrogen) atoms. The molecule has 0 aliphatic carbocycles. The highest BCUT2D eigenvalue weighted by Gasteiger charge is 2.18. The highest BCUT2D eigenvalue weighted by molar-refractivity contribution is 5.88. The topological polar surface area (TPSA) is 52.0 Å². The fourth-order valence-corrected chi connectivity index (χ4v) is 2.65. The first kappa shape index (κ1) is 13.4. The SMILES string of the molecule is Cc1cccc(-c2c(-c3ccc(C)cc3C)noc2N)c1. The molecule has 0 bridgehead atoms. The molecule has 1 heterocycles. The summed E-state index contributed by atoms with van der Waals surface area (Å²) >= 11 is 0. The van der Waals surface area contributed by atoms with Crippen LogP contribution in [0, 0.1) is 20.8 Å². The summed E-state index contributed by atoms with van der Waals surface area (Å²) < 4.78 is 5.26. The minimum Gasteiger partial charge on any atom is -0.367 e. The first-order chi connectivity index (χ1) is 10.1. The number of anilines is 1. The summed E-state index contributed by atoms with van der Waals surface area (Å²) in [6, 6.07) is 14.5. The van der Waals surface area contributed by atoms with Crippen molar-refractivity contribution in [2.24, 2.45) is 0 Å². The van der Waals surface area contributed by atoms with Crippen molar-refractivity contribution in [2.75, 3.05) is 5.73 Å². The third-order valence-electron chi connectivity index (χ3n) is 3.66. The fraction of sp³-hybridized carbons (Fsp3) is 0.167. The minimum absolute atomic E-state index is 0.357. The molecule has 106 valence electrons. The van der Waals surface area contributed by atoms with Crippen LogP contribution in [0.2, 0.25) is 0 Å². The maximum absolute atomic E-state index is 6.01. The normalized spacial score (nSPS) is 10.8. The van der Waals surface area contributed by atoms with E-state index in [0.29, 0.717) is 5.88 Å². The summed E-state index contributed by atoms with van der Waals surface area (Å²) in [4.78, 5) is 0. The number of rotatable bonds is 2. The average Bonchev–Trinajstić information content (AvgIpc) is 2.80. The van der Waals surface area contributed by atoms with E-state index in [4.69, 9.17) is 10.3 Å². The van der Waals surface area contributed by atoms with Gasteiger partial charge in [0.1, 0.15) is 5.69 Å². The third-order valence-corrected chi connectivity index (χ3v) is 3.66. The van der Waals surface area contributed by atoms with Gasteiger partial charge in [0.25, 0.3) is 0 Å². The van der Waals surface area contributed by atoms with E-state index in [9.17, 15) is 0 Å². The van der Waals surface area contributed by atoms with Crippen molar-refractivity contribution >= 4 is 5.88 Å². The van der Waals surface area contributed by atoms with Crippen LogP contribution in [0.3, 0.4) is 0 Å². The summed E-state index contributed by atoms with van der Waals surface area (Å²) in [5.41, 5.74) is 13.3. The maximum atomic E-state index is 6.01. The van der Waals surface area contributed by atoms with Gasteiger partial charge >= 0.3 is 0 Å². The van der Waals surface area contributed by atoms with E-state index in [-0.39, 0.29) is 0 Å². The molecule has 0 spiro atoms. The number of aryl methyl sites for hydroxylation is 3. The molecule has 2 N–H and O–H groups in total.